The van der Waals surface area contributed by atoms with Crippen LogP contribution in [0.1, 0.15) is 16.8 Å². The second-order valence-corrected chi connectivity index (χ2v) is 8.63. The molecule has 31 heavy (non-hydrogen) atoms. The lowest BCUT2D eigenvalue weighted by atomic mass is 10.2. The van der Waals surface area contributed by atoms with Gasteiger partial charge in [0.25, 0.3) is 10.0 Å². The van der Waals surface area contributed by atoms with Crippen LogP contribution in [0.2, 0.25) is 0 Å². The van der Waals surface area contributed by atoms with Gasteiger partial charge in [-0.1, -0.05) is 29.8 Å². The van der Waals surface area contributed by atoms with Crippen molar-refractivity contribution in [2.75, 3.05) is 20.8 Å². The van der Waals surface area contributed by atoms with Gasteiger partial charge in [0.1, 0.15) is 0 Å². The Hall–Kier alpha value is -3.30. The fraction of sp³-hybridized carbons (Fsp3) is 0.227. The number of ether oxygens (including phenoxy) is 2. The fourth-order valence-corrected chi connectivity index (χ4v) is 4.36. The lowest BCUT2D eigenvalue weighted by Gasteiger charge is -2.10. The predicted octanol–water partition coefficient (Wildman–Crippen LogP) is 2.27. The molecule has 2 aromatic carbocycles. The Morgan fingerprint density at radius 3 is 2.32 bits per heavy atom. The van der Waals surface area contributed by atoms with Gasteiger partial charge in [-0.15, -0.1) is 0 Å². The quantitative estimate of drug-likeness (QED) is 0.572. The number of aromatic nitrogens is 2. The average Bonchev–Trinajstić information content (AvgIpc) is 3.08. The van der Waals surface area contributed by atoms with Crippen LogP contribution in [0.25, 0.3) is 6.08 Å². The molecule has 0 bridgehead atoms. The number of aliphatic hydroxyl groups excluding tert-OH is 1. The van der Waals surface area contributed by atoms with Crippen molar-refractivity contribution >= 4 is 16.1 Å². The molecule has 3 aromatic rings. The van der Waals surface area contributed by atoms with E-state index in [9.17, 15) is 13.2 Å². The van der Waals surface area contributed by atoms with Crippen molar-refractivity contribution in [1.82, 2.24) is 8.54 Å². The molecular weight excluding hydrogens is 420 g/mol. The minimum absolute atomic E-state index is 0.0150. The molecule has 0 aliphatic rings. The predicted molar refractivity (Wildman–Crippen MR) is 117 cm³/mol. The molecule has 9 heteroatoms. The van der Waals surface area contributed by atoms with Crippen molar-refractivity contribution in [3.63, 3.8) is 0 Å². The van der Waals surface area contributed by atoms with Crippen LogP contribution in [0.5, 0.6) is 11.5 Å². The molecule has 0 radical (unpaired) electrons. The number of rotatable bonds is 8. The van der Waals surface area contributed by atoms with E-state index in [-0.39, 0.29) is 18.0 Å². The van der Waals surface area contributed by atoms with E-state index in [4.69, 9.17) is 14.6 Å². The molecule has 0 amide bonds. The Kier molecular flexibility index (Phi) is 6.67. The zero-order valence-electron chi connectivity index (χ0n) is 17.5. The Morgan fingerprint density at radius 2 is 1.71 bits per heavy atom. The van der Waals surface area contributed by atoms with E-state index in [2.05, 4.69) is 0 Å². The highest BCUT2D eigenvalue weighted by molar-refractivity contribution is 7.90. The maximum absolute atomic E-state index is 13.1. The molecule has 0 aliphatic heterocycles. The summed E-state index contributed by atoms with van der Waals surface area (Å²) in [6, 6.07) is 11.5. The van der Waals surface area contributed by atoms with Crippen LogP contribution in [0.15, 0.2) is 64.4 Å². The summed E-state index contributed by atoms with van der Waals surface area (Å²) in [5.74, 6) is 1.03. The standard InChI is InChI=1S/C22H24N2O6S/c1-16-6-9-19(10-7-16)31(27,28)24-15-18(5-4-12-25)23(22(24)26)14-17-8-11-20(29-2)21(13-17)30-3/h4-11,13,15,25H,12,14H2,1-3H3/b5-4-. The second kappa shape index (κ2) is 9.23. The first-order chi connectivity index (χ1) is 14.8. The van der Waals surface area contributed by atoms with Crippen LogP contribution < -0.4 is 15.2 Å². The molecule has 0 saturated carbocycles. The molecule has 0 aliphatic carbocycles. The molecule has 8 nitrogen and oxygen atoms in total. The second-order valence-electron chi connectivity index (χ2n) is 6.81. The van der Waals surface area contributed by atoms with Crippen molar-refractivity contribution in [3.05, 3.63) is 82.0 Å². The maximum Gasteiger partial charge on any atom is 0.343 e. The zero-order chi connectivity index (χ0) is 22.6. The summed E-state index contributed by atoms with van der Waals surface area (Å²) in [5.41, 5.74) is 1.24. The molecule has 0 saturated heterocycles. The van der Waals surface area contributed by atoms with Gasteiger partial charge < -0.3 is 14.6 Å². The third-order valence-corrected chi connectivity index (χ3v) is 6.39. The van der Waals surface area contributed by atoms with Crippen LogP contribution >= 0.6 is 0 Å². The molecule has 0 atom stereocenters. The Bertz CT molecular complexity index is 1250. The van der Waals surface area contributed by atoms with Gasteiger partial charge in [0.2, 0.25) is 0 Å². The molecule has 164 valence electrons. The van der Waals surface area contributed by atoms with E-state index in [0.717, 1.165) is 9.54 Å². The van der Waals surface area contributed by atoms with Crippen LogP contribution in [-0.2, 0) is 16.6 Å². The first kappa shape index (κ1) is 22.4. The number of hydrogen-bond acceptors (Lipinski definition) is 6. The summed E-state index contributed by atoms with van der Waals surface area (Å²) in [7, 11) is -1.06. The van der Waals surface area contributed by atoms with Gasteiger partial charge in [0.15, 0.2) is 11.5 Å². The number of methoxy groups -OCH3 is 2. The Morgan fingerprint density at radius 1 is 1.03 bits per heavy atom. The van der Waals surface area contributed by atoms with Gasteiger partial charge in [-0.2, -0.15) is 3.97 Å². The first-order valence-electron chi connectivity index (χ1n) is 9.44. The summed E-state index contributed by atoms with van der Waals surface area (Å²) in [6.07, 6.45) is 4.19. The summed E-state index contributed by atoms with van der Waals surface area (Å²) in [6.45, 7) is 1.70. The highest BCUT2D eigenvalue weighted by Crippen LogP contribution is 2.28. The van der Waals surface area contributed by atoms with Gasteiger partial charge >= 0.3 is 5.69 Å². The molecular formula is C22H24N2O6S. The van der Waals surface area contributed by atoms with E-state index >= 15 is 0 Å². The van der Waals surface area contributed by atoms with Crippen molar-refractivity contribution in [2.45, 2.75) is 18.4 Å². The van der Waals surface area contributed by atoms with Crippen LogP contribution in [-0.4, -0.2) is 42.9 Å². The Balaban J connectivity index is 2.11. The van der Waals surface area contributed by atoms with Crippen molar-refractivity contribution < 1.29 is 23.0 Å². The number of aliphatic hydroxyl groups is 1. The van der Waals surface area contributed by atoms with Crippen molar-refractivity contribution in [3.8, 4) is 11.5 Å². The summed E-state index contributed by atoms with van der Waals surface area (Å²) < 4.78 is 38.7. The SMILES string of the molecule is COc1ccc(Cn2c(/C=C\CO)cn(S(=O)(=O)c3ccc(C)cc3)c2=O)cc1OC. The maximum atomic E-state index is 13.1. The lowest BCUT2D eigenvalue weighted by Crippen LogP contribution is -2.30. The van der Waals surface area contributed by atoms with Crippen molar-refractivity contribution in [2.24, 2.45) is 0 Å². The van der Waals surface area contributed by atoms with Crippen molar-refractivity contribution in [1.29, 1.82) is 0 Å². The van der Waals surface area contributed by atoms with Crippen LogP contribution in [0.4, 0.5) is 0 Å². The average molecular weight is 445 g/mol. The minimum atomic E-state index is -4.09. The molecule has 3 rings (SSSR count). The van der Waals surface area contributed by atoms with E-state index in [1.807, 2.05) is 6.92 Å². The third-order valence-electron chi connectivity index (χ3n) is 4.74. The molecule has 1 aromatic heterocycles. The van der Waals surface area contributed by atoms with Gasteiger partial charge in [-0.05, 0) is 42.8 Å². The fourth-order valence-electron chi connectivity index (χ4n) is 3.10. The summed E-state index contributed by atoms with van der Waals surface area (Å²) >= 11 is 0. The van der Waals surface area contributed by atoms with E-state index in [1.165, 1.54) is 49.3 Å². The van der Waals surface area contributed by atoms with E-state index in [1.54, 1.807) is 30.3 Å². The molecule has 1 N–H and O–H groups in total. The van der Waals surface area contributed by atoms with E-state index in [0.29, 0.717) is 22.8 Å². The zero-order valence-corrected chi connectivity index (χ0v) is 18.3. The third kappa shape index (κ3) is 4.57. The number of hydrogen-bond donors (Lipinski definition) is 1. The Labute approximate surface area is 180 Å². The van der Waals surface area contributed by atoms with Gasteiger partial charge in [0.05, 0.1) is 38.0 Å². The molecule has 0 spiro atoms. The molecule has 1 heterocycles. The molecule has 0 unspecified atom stereocenters. The van der Waals surface area contributed by atoms with Gasteiger partial charge in [0, 0.05) is 6.20 Å². The van der Waals surface area contributed by atoms with Gasteiger partial charge in [-0.25, -0.2) is 13.2 Å². The highest BCUT2D eigenvalue weighted by Gasteiger charge is 2.23. The van der Waals surface area contributed by atoms with Crippen LogP contribution in [0.3, 0.4) is 0 Å². The number of nitrogens with zero attached hydrogens (tertiary/aromatic N) is 2. The van der Waals surface area contributed by atoms with E-state index < -0.39 is 15.7 Å². The monoisotopic (exact) mass is 444 g/mol. The first-order valence-corrected chi connectivity index (χ1v) is 10.9. The minimum Gasteiger partial charge on any atom is -0.493 e. The topological polar surface area (TPSA) is 99.8 Å². The highest BCUT2D eigenvalue weighted by atomic mass is 32.2. The number of aryl methyl sites for hydroxylation is 1. The normalized spacial score (nSPS) is 11.7. The molecule has 0 fully saturated rings. The number of benzene rings is 2. The lowest BCUT2D eigenvalue weighted by molar-refractivity contribution is 0.343. The smallest absolute Gasteiger partial charge is 0.343 e. The largest absolute Gasteiger partial charge is 0.493 e. The summed E-state index contributed by atoms with van der Waals surface area (Å²) in [5, 5.41) is 9.14. The van der Waals surface area contributed by atoms with Crippen LogP contribution in [0, 0.1) is 6.92 Å². The van der Waals surface area contributed by atoms with Gasteiger partial charge in [-0.3, -0.25) is 4.57 Å². The number of imidazole rings is 1. The summed E-state index contributed by atoms with van der Waals surface area (Å²) in [4.78, 5) is 13.1.